The van der Waals surface area contributed by atoms with E-state index < -0.39 is 6.04 Å². The first-order valence-corrected chi connectivity index (χ1v) is 8.03. The fraction of sp³-hybridized carbons (Fsp3) is 0.222. The number of nitrogens with one attached hydrogen (secondary N) is 1. The van der Waals surface area contributed by atoms with Gasteiger partial charge in [0.05, 0.1) is 37.0 Å². The molecule has 7 heteroatoms. The van der Waals surface area contributed by atoms with Crippen LogP contribution in [0.2, 0.25) is 5.02 Å². The Balaban J connectivity index is 1.84. The second-order valence-corrected chi connectivity index (χ2v) is 5.89. The standard InChI is InChI=1S/C18H17ClN2O4/c1-24-15-8-7-11(9-12(15)19)21-17(22)10-14(18(21)23)20-13-5-3-4-6-16(13)25-2/h3-9,14,20H,10H2,1-2H3/t14-/m0/s1. The third kappa shape index (κ3) is 3.25. The fourth-order valence-electron chi connectivity index (χ4n) is 2.76. The van der Waals surface area contributed by atoms with Crippen LogP contribution in [-0.2, 0) is 9.59 Å². The van der Waals surface area contributed by atoms with Gasteiger partial charge in [0.2, 0.25) is 5.91 Å². The molecule has 1 saturated heterocycles. The number of methoxy groups -OCH3 is 2. The number of anilines is 2. The Bertz CT molecular complexity index is 824. The Hall–Kier alpha value is -2.73. The number of halogens is 1. The molecule has 3 rings (SSSR count). The van der Waals surface area contributed by atoms with Crippen LogP contribution in [-0.4, -0.2) is 32.1 Å². The number of benzene rings is 2. The SMILES string of the molecule is COc1ccc(N2C(=O)C[C@H](Nc3ccccc3OC)C2=O)cc1Cl. The van der Waals surface area contributed by atoms with Crippen LogP contribution in [0.25, 0.3) is 0 Å². The first-order chi connectivity index (χ1) is 12.0. The molecule has 0 bridgehead atoms. The molecule has 0 saturated carbocycles. The number of hydrogen-bond acceptors (Lipinski definition) is 5. The number of hydrogen-bond donors (Lipinski definition) is 1. The molecule has 0 aliphatic carbocycles. The van der Waals surface area contributed by atoms with Crippen LogP contribution in [0.3, 0.4) is 0 Å². The molecular weight excluding hydrogens is 344 g/mol. The summed E-state index contributed by atoms with van der Waals surface area (Å²) >= 11 is 6.10. The summed E-state index contributed by atoms with van der Waals surface area (Å²) in [5.41, 5.74) is 1.08. The average molecular weight is 361 g/mol. The summed E-state index contributed by atoms with van der Waals surface area (Å²) in [5, 5.41) is 3.42. The molecule has 2 aromatic rings. The fourth-order valence-corrected chi connectivity index (χ4v) is 3.01. The largest absolute Gasteiger partial charge is 0.495 e. The summed E-state index contributed by atoms with van der Waals surface area (Å²) in [7, 11) is 3.05. The van der Waals surface area contributed by atoms with Gasteiger partial charge < -0.3 is 14.8 Å². The molecule has 0 unspecified atom stereocenters. The van der Waals surface area contributed by atoms with Gasteiger partial charge in [0.15, 0.2) is 0 Å². The van der Waals surface area contributed by atoms with Gasteiger partial charge in [0.1, 0.15) is 17.5 Å². The molecule has 1 heterocycles. The molecule has 0 radical (unpaired) electrons. The summed E-state index contributed by atoms with van der Waals surface area (Å²) in [6, 6.07) is 11.4. The number of carbonyl (C=O) groups excluding carboxylic acids is 2. The molecule has 2 aromatic carbocycles. The van der Waals surface area contributed by atoms with Gasteiger partial charge in [0.25, 0.3) is 5.91 Å². The zero-order valence-corrected chi connectivity index (χ0v) is 14.5. The lowest BCUT2D eigenvalue weighted by atomic mass is 10.2. The molecule has 1 N–H and O–H groups in total. The summed E-state index contributed by atoms with van der Waals surface area (Å²) < 4.78 is 10.4. The van der Waals surface area contributed by atoms with Crippen LogP contribution in [0.4, 0.5) is 11.4 Å². The topological polar surface area (TPSA) is 67.9 Å². The summed E-state index contributed by atoms with van der Waals surface area (Å²) in [4.78, 5) is 26.2. The van der Waals surface area contributed by atoms with Crippen LogP contribution >= 0.6 is 11.6 Å². The number of carbonyl (C=O) groups is 2. The van der Waals surface area contributed by atoms with E-state index in [2.05, 4.69) is 5.32 Å². The van der Waals surface area contributed by atoms with E-state index in [9.17, 15) is 9.59 Å². The second kappa shape index (κ2) is 7.03. The maximum Gasteiger partial charge on any atom is 0.256 e. The number of imide groups is 1. The number of nitrogens with zero attached hydrogens (tertiary/aromatic N) is 1. The summed E-state index contributed by atoms with van der Waals surface area (Å²) in [6.45, 7) is 0. The highest BCUT2D eigenvalue weighted by molar-refractivity contribution is 6.33. The minimum Gasteiger partial charge on any atom is -0.495 e. The van der Waals surface area contributed by atoms with Crippen molar-refractivity contribution >= 4 is 34.8 Å². The maximum absolute atomic E-state index is 12.7. The highest BCUT2D eigenvalue weighted by Gasteiger charge is 2.40. The molecule has 25 heavy (non-hydrogen) atoms. The van der Waals surface area contributed by atoms with Gasteiger partial charge in [-0.05, 0) is 30.3 Å². The van der Waals surface area contributed by atoms with Crippen molar-refractivity contribution in [3.63, 3.8) is 0 Å². The van der Waals surface area contributed by atoms with E-state index in [-0.39, 0.29) is 18.2 Å². The van der Waals surface area contributed by atoms with Crippen molar-refractivity contribution < 1.29 is 19.1 Å². The van der Waals surface area contributed by atoms with Gasteiger partial charge in [-0.3, -0.25) is 9.59 Å². The first-order valence-electron chi connectivity index (χ1n) is 7.65. The second-order valence-electron chi connectivity index (χ2n) is 5.49. The Morgan fingerprint density at radius 1 is 1.08 bits per heavy atom. The van der Waals surface area contributed by atoms with Gasteiger partial charge in [-0.25, -0.2) is 4.90 Å². The molecule has 0 aromatic heterocycles. The number of rotatable bonds is 5. The van der Waals surface area contributed by atoms with Crippen molar-refractivity contribution in [1.82, 2.24) is 0 Å². The zero-order chi connectivity index (χ0) is 18.0. The lowest BCUT2D eigenvalue weighted by Crippen LogP contribution is -2.34. The monoisotopic (exact) mass is 360 g/mol. The van der Waals surface area contributed by atoms with Crippen molar-refractivity contribution in [1.29, 1.82) is 0 Å². The summed E-state index contributed by atoms with van der Waals surface area (Å²) in [6.07, 6.45) is 0.0561. The van der Waals surface area contributed by atoms with E-state index in [1.54, 1.807) is 37.4 Å². The zero-order valence-electron chi connectivity index (χ0n) is 13.8. The van der Waals surface area contributed by atoms with E-state index in [1.165, 1.54) is 7.11 Å². The van der Waals surface area contributed by atoms with E-state index in [0.29, 0.717) is 27.9 Å². The van der Waals surface area contributed by atoms with Crippen LogP contribution in [0.15, 0.2) is 42.5 Å². The van der Waals surface area contributed by atoms with Gasteiger partial charge in [-0.15, -0.1) is 0 Å². The molecule has 0 spiro atoms. The van der Waals surface area contributed by atoms with Gasteiger partial charge in [0, 0.05) is 0 Å². The number of ether oxygens (including phenoxy) is 2. The smallest absolute Gasteiger partial charge is 0.256 e. The Morgan fingerprint density at radius 3 is 2.48 bits per heavy atom. The van der Waals surface area contributed by atoms with Crippen LogP contribution in [0, 0.1) is 0 Å². The van der Waals surface area contributed by atoms with Crippen molar-refractivity contribution in [2.75, 3.05) is 24.4 Å². The molecule has 2 amide bonds. The van der Waals surface area contributed by atoms with Crippen LogP contribution in [0.5, 0.6) is 11.5 Å². The molecule has 130 valence electrons. The Morgan fingerprint density at radius 2 is 1.80 bits per heavy atom. The van der Waals surface area contributed by atoms with Gasteiger partial charge in [-0.2, -0.15) is 0 Å². The molecule has 1 atom stereocenters. The highest BCUT2D eigenvalue weighted by atomic mass is 35.5. The normalized spacial score (nSPS) is 16.9. The van der Waals surface area contributed by atoms with Crippen molar-refractivity contribution in [3.05, 3.63) is 47.5 Å². The average Bonchev–Trinajstić information content (AvgIpc) is 2.89. The van der Waals surface area contributed by atoms with Crippen molar-refractivity contribution in [2.45, 2.75) is 12.5 Å². The summed E-state index contributed by atoms with van der Waals surface area (Å²) in [5.74, 6) is 0.456. The minimum absolute atomic E-state index is 0.0561. The van der Waals surface area contributed by atoms with E-state index in [1.807, 2.05) is 12.1 Å². The quantitative estimate of drug-likeness (QED) is 0.830. The van der Waals surface area contributed by atoms with E-state index >= 15 is 0 Å². The Labute approximate surface area is 150 Å². The van der Waals surface area contributed by atoms with Crippen LogP contribution < -0.4 is 19.7 Å². The first kappa shape index (κ1) is 17.1. The van der Waals surface area contributed by atoms with Crippen molar-refractivity contribution in [3.8, 4) is 11.5 Å². The van der Waals surface area contributed by atoms with Crippen molar-refractivity contribution in [2.24, 2.45) is 0 Å². The Kier molecular flexibility index (Phi) is 4.81. The van der Waals surface area contributed by atoms with E-state index in [0.717, 1.165) is 4.90 Å². The number of amides is 2. The lowest BCUT2D eigenvalue weighted by Gasteiger charge is -2.18. The lowest BCUT2D eigenvalue weighted by molar-refractivity contribution is -0.121. The van der Waals surface area contributed by atoms with Gasteiger partial charge >= 0.3 is 0 Å². The third-order valence-electron chi connectivity index (χ3n) is 3.98. The maximum atomic E-state index is 12.7. The molecular formula is C18H17ClN2O4. The number of para-hydroxylation sites is 2. The minimum atomic E-state index is -0.662. The molecule has 1 aliphatic heterocycles. The van der Waals surface area contributed by atoms with E-state index in [4.69, 9.17) is 21.1 Å². The highest BCUT2D eigenvalue weighted by Crippen LogP contribution is 2.33. The molecule has 6 nitrogen and oxygen atoms in total. The van der Waals surface area contributed by atoms with Gasteiger partial charge in [-0.1, -0.05) is 23.7 Å². The molecule has 1 aliphatic rings. The third-order valence-corrected chi connectivity index (χ3v) is 4.27. The molecule has 1 fully saturated rings. The predicted molar refractivity (Wildman–Crippen MR) is 95.5 cm³/mol. The van der Waals surface area contributed by atoms with Crippen LogP contribution in [0.1, 0.15) is 6.42 Å². The predicted octanol–water partition coefficient (Wildman–Crippen LogP) is 3.10.